The quantitative estimate of drug-likeness (QED) is 0.397. The molecular weight excluding hydrogens is 306 g/mol. The molecule has 1 aromatic carbocycles. The summed E-state index contributed by atoms with van der Waals surface area (Å²) in [6, 6.07) is 9.13. The van der Waals surface area contributed by atoms with Crippen LogP contribution in [0.15, 0.2) is 35.9 Å². The zero-order valence-corrected chi connectivity index (χ0v) is 11.8. The summed E-state index contributed by atoms with van der Waals surface area (Å²) in [5.41, 5.74) is 4.66. The fraction of sp³-hybridized carbons (Fsp3) is 0.100. The van der Waals surface area contributed by atoms with E-state index in [1.165, 1.54) is 18.2 Å². The maximum absolute atomic E-state index is 11.4. The first-order valence-corrected chi connectivity index (χ1v) is 8.34. The lowest BCUT2D eigenvalue weighted by molar-refractivity contribution is 0.321. The molecule has 1 aromatic rings. The molecule has 0 aliphatic heterocycles. The zero-order chi connectivity index (χ0) is 15.6. The van der Waals surface area contributed by atoms with E-state index in [1.807, 2.05) is 0 Å². The molecule has 108 valence electrons. The van der Waals surface area contributed by atoms with Crippen LogP contribution in [0.3, 0.4) is 0 Å². The van der Waals surface area contributed by atoms with Crippen molar-refractivity contribution in [2.45, 2.75) is 5.02 Å². The Bertz CT molecular complexity index is 632. The van der Waals surface area contributed by atoms with Gasteiger partial charge in [-0.25, -0.2) is 0 Å². The highest BCUT2D eigenvalue weighted by atomic mass is 31.2. The van der Waals surface area contributed by atoms with Gasteiger partial charge in [0, 0.05) is 0 Å². The van der Waals surface area contributed by atoms with Crippen LogP contribution in [0.2, 0.25) is 0 Å². The van der Waals surface area contributed by atoms with Crippen LogP contribution in [0.5, 0.6) is 0 Å². The summed E-state index contributed by atoms with van der Waals surface area (Å²) < 4.78 is 22.8. The van der Waals surface area contributed by atoms with Gasteiger partial charge in [-0.2, -0.15) is 5.26 Å². The Morgan fingerprint density at radius 3 is 1.95 bits per heavy atom. The van der Waals surface area contributed by atoms with Crippen molar-refractivity contribution in [3.8, 4) is 6.07 Å². The molecular formula is C10H12N2O6P2. The van der Waals surface area contributed by atoms with Crippen molar-refractivity contribution >= 4 is 21.3 Å². The molecule has 1 rings (SSSR count). The summed E-state index contributed by atoms with van der Waals surface area (Å²) in [5, 5.41) is 5.59. The normalized spacial score (nSPS) is 13.9. The zero-order valence-electron chi connectivity index (χ0n) is 9.99. The lowest BCUT2D eigenvalue weighted by atomic mass is 10.1. The van der Waals surface area contributed by atoms with Gasteiger partial charge in [0.25, 0.3) is 5.02 Å². The van der Waals surface area contributed by atoms with Crippen LogP contribution in [0.4, 0.5) is 0 Å². The largest absolute Gasteiger partial charge is 0.363 e. The van der Waals surface area contributed by atoms with Crippen molar-refractivity contribution < 1.29 is 28.7 Å². The van der Waals surface area contributed by atoms with Crippen LogP contribution in [-0.4, -0.2) is 24.6 Å². The predicted molar refractivity (Wildman–Crippen MR) is 71.0 cm³/mol. The van der Waals surface area contributed by atoms with Gasteiger partial charge in [-0.1, -0.05) is 30.3 Å². The summed E-state index contributed by atoms with van der Waals surface area (Å²) in [4.78, 5) is 36.6. The molecule has 0 radical (unpaired) electrons. The number of benzene rings is 1. The van der Waals surface area contributed by atoms with Crippen LogP contribution < -0.4 is 5.73 Å². The molecule has 0 saturated heterocycles. The van der Waals surface area contributed by atoms with Crippen LogP contribution >= 0.6 is 15.2 Å². The molecule has 8 nitrogen and oxygen atoms in total. The summed E-state index contributed by atoms with van der Waals surface area (Å²) in [7, 11) is -11.0. The topological polar surface area (TPSA) is 165 Å². The number of hydrogen-bond donors (Lipinski definition) is 5. The summed E-state index contributed by atoms with van der Waals surface area (Å²) in [5.74, 6) is 0. The molecule has 0 aliphatic rings. The minimum Gasteiger partial charge on any atom is -0.322 e. The van der Waals surface area contributed by atoms with Crippen LogP contribution in [0.1, 0.15) is 5.56 Å². The number of rotatable bonds is 4. The maximum atomic E-state index is 11.4. The van der Waals surface area contributed by atoms with Gasteiger partial charge < -0.3 is 25.3 Å². The highest BCUT2D eigenvalue weighted by molar-refractivity contribution is 7.72. The highest BCUT2D eigenvalue weighted by Crippen LogP contribution is 2.68. The summed E-state index contributed by atoms with van der Waals surface area (Å²) >= 11 is 0. The van der Waals surface area contributed by atoms with Crippen molar-refractivity contribution in [3.63, 3.8) is 0 Å². The molecule has 0 fully saturated rings. The Hall–Kier alpha value is -1.29. The smallest absolute Gasteiger partial charge is 0.322 e. The SMILES string of the molecule is N#CC(=Cc1ccccc1)C(N)(P(=O)(O)O)P(=O)(O)O. The van der Waals surface area contributed by atoms with Crippen molar-refractivity contribution in [3.05, 3.63) is 41.5 Å². The van der Waals surface area contributed by atoms with Gasteiger partial charge in [0.05, 0.1) is 11.6 Å². The minimum absolute atomic E-state index is 0.320. The number of hydrogen-bond acceptors (Lipinski definition) is 4. The lowest BCUT2D eigenvalue weighted by Gasteiger charge is -2.29. The molecule has 0 spiro atoms. The third kappa shape index (κ3) is 3.06. The molecule has 0 aromatic heterocycles. The van der Waals surface area contributed by atoms with Gasteiger partial charge in [-0.3, -0.25) is 9.13 Å². The van der Waals surface area contributed by atoms with Gasteiger partial charge >= 0.3 is 15.2 Å². The van der Waals surface area contributed by atoms with E-state index in [1.54, 1.807) is 18.2 Å². The van der Waals surface area contributed by atoms with Gasteiger partial charge in [0.1, 0.15) is 0 Å². The average molecular weight is 318 g/mol. The molecule has 0 heterocycles. The Balaban J connectivity index is 3.56. The minimum atomic E-state index is -5.50. The van der Waals surface area contributed by atoms with E-state index in [2.05, 4.69) is 0 Å². The van der Waals surface area contributed by atoms with Crippen LogP contribution in [0.25, 0.3) is 6.08 Å². The van der Waals surface area contributed by atoms with E-state index in [0.717, 1.165) is 6.08 Å². The van der Waals surface area contributed by atoms with Crippen LogP contribution in [-0.2, 0) is 9.13 Å². The molecule has 6 N–H and O–H groups in total. The van der Waals surface area contributed by atoms with Gasteiger partial charge in [-0.05, 0) is 11.6 Å². The number of nitrogens with two attached hydrogens (primary N) is 1. The molecule has 0 bridgehead atoms. The first-order valence-electron chi connectivity index (χ1n) is 5.11. The van der Waals surface area contributed by atoms with E-state index in [-0.39, 0.29) is 0 Å². The van der Waals surface area contributed by atoms with E-state index < -0.39 is 25.8 Å². The molecule has 0 saturated carbocycles. The summed E-state index contributed by atoms with van der Waals surface area (Å²) in [6.07, 6.45) is 0.929. The second kappa shape index (κ2) is 5.60. The second-order valence-corrected chi connectivity index (χ2v) is 7.83. The van der Waals surface area contributed by atoms with E-state index >= 15 is 0 Å². The second-order valence-electron chi connectivity index (χ2n) is 3.89. The first kappa shape index (κ1) is 16.8. The fourth-order valence-electron chi connectivity index (χ4n) is 1.42. The lowest BCUT2D eigenvalue weighted by Crippen LogP contribution is -2.40. The molecule has 10 heteroatoms. The molecule has 0 amide bonds. The van der Waals surface area contributed by atoms with Crippen molar-refractivity contribution in [1.29, 1.82) is 5.26 Å². The molecule has 20 heavy (non-hydrogen) atoms. The van der Waals surface area contributed by atoms with E-state index in [9.17, 15) is 9.13 Å². The fourth-order valence-corrected chi connectivity index (χ4v) is 3.63. The van der Waals surface area contributed by atoms with E-state index in [4.69, 9.17) is 30.6 Å². The monoisotopic (exact) mass is 318 g/mol. The first-order chi connectivity index (χ1) is 9.04. The average Bonchev–Trinajstić information content (AvgIpc) is 2.33. The number of nitriles is 1. The Morgan fingerprint density at radius 1 is 1.15 bits per heavy atom. The summed E-state index contributed by atoms with van der Waals surface area (Å²) in [6.45, 7) is 0. The number of nitrogens with zero attached hydrogens (tertiary/aromatic N) is 1. The Morgan fingerprint density at radius 2 is 1.60 bits per heavy atom. The predicted octanol–water partition coefficient (Wildman–Crippen LogP) is 0.561. The van der Waals surface area contributed by atoms with E-state index in [0.29, 0.717) is 5.56 Å². The van der Waals surface area contributed by atoms with Crippen molar-refractivity contribution in [2.75, 3.05) is 0 Å². The Kier molecular flexibility index (Phi) is 4.70. The van der Waals surface area contributed by atoms with Crippen molar-refractivity contribution in [2.24, 2.45) is 5.73 Å². The van der Waals surface area contributed by atoms with Crippen molar-refractivity contribution in [1.82, 2.24) is 0 Å². The van der Waals surface area contributed by atoms with Gasteiger partial charge in [0.15, 0.2) is 0 Å². The third-order valence-electron chi connectivity index (χ3n) is 2.52. The highest BCUT2D eigenvalue weighted by Gasteiger charge is 2.60. The Labute approximate surface area is 114 Å². The van der Waals surface area contributed by atoms with Gasteiger partial charge in [-0.15, -0.1) is 0 Å². The molecule has 0 unspecified atom stereocenters. The molecule has 0 atom stereocenters. The third-order valence-corrected chi connectivity index (χ3v) is 6.34. The molecule has 0 aliphatic carbocycles. The standard InChI is InChI=1S/C10H12N2O6P2/c11-7-9(6-8-4-2-1-3-5-8)10(12,19(13,14)15)20(16,17)18/h1-6H,12H2,(H2,13,14,15)(H2,16,17,18). The van der Waals surface area contributed by atoms with Crippen LogP contribution in [0, 0.1) is 11.3 Å². The maximum Gasteiger partial charge on any atom is 0.363 e. The van der Waals surface area contributed by atoms with Gasteiger partial charge in [0.2, 0.25) is 0 Å².